The number of likely N-dealkylation sites (N-methyl/N-ethyl adjacent to an activating group) is 1. The van der Waals surface area contributed by atoms with E-state index in [9.17, 15) is 9.90 Å². The summed E-state index contributed by atoms with van der Waals surface area (Å²) in [5, 5.41) is 9.56. The molecule has 3 aliphatic heterocycles. The van der Waals surface area contributed by atoms with Crippen LogP contribution in [0, 0.1) is 0 Å². The van der Waals surface area contributed by atoms with Gasteiger partial charge in [-0.25, -0.2) is 0 Å². The second kappa shape index (κ2) is 5.33. The molecule has 1 aromatic carbocycles. The molecule has 0 spiro atoms. The summed E-state index contributed by atoms with van der Waals surface area (Å²) in [4.78, 5) is 14.8. The van der Waals surface area contributed by atoms with Gasteiger partial charge in [-0.3, -0.25) is 9.69 Å². The van der Waals surface area contributed by atoms with Crippen molar-refractivity contribution in [2.24, 2.45) is 0 Å². The van der Waals surface area contributed by atoms with Crippen molar-refractivity contribution >= 4 is 5.97 Å². The zero-order valence-corrected chi connectivity index (χ0v) is 12.6. The summed E-state index contributed by atoms with van der Waals surface area (Å²) in [5.74, 6) is -0.915. The molecule has 5 nitrogen and oxygen atoms in total. The molecule has 118 valence electrons. The smallest absolute Gasteiger partial charge is 0.316 e. The highest BCUT2D eigenvalue weighted by Crippen LogP contribution is 2.48. The predicted octanol–water partition coefficient (Wildman–Crippen LogP) is 0.918. The highest BCUT2D eigenvalue weighted by molar-refractivity contribution is 5.78. The number of carbonyl (C=O) groups is 1. The number of carbonyl (C=O) groups excluding carboxylic acids is 1. The molecule has 22 heavy (non-hydrogen) atoms. The molecule has 3 aliphatic rings. The van der Waals surface area contributed by atoms with Crippen molar-refractivity contribution in [2.45, 2.75) is 49.2 Å². The van der Waals surface area contributed by atoms with Crippen molar-refractivity contribution < 1.29 is 19.4 Å². The van der Waals surface area contributed by atoms with Crippen LogP contribution in [0.4, 0.5) is 0 Å². The van der Waals surface area contributed by atoms with Crippen LogP contribution in [-0.2, 0) is 14.3 Å². The van der Waals surface area contributed by atoms with Crippen LogP contribution >= 0.6 is 0 Å². The van der Waals surface area contributed by atoms with Gasteiger partial charge >= 0.3 is 5.97 Å². The van der Waals surface area contributed by atoms with Gasteiger partial charge in [-0.15, -0.1) is 0 Å². The second-order valence-electron chi connectivity index (χ2n) is 6.54. The number of esters is 1. The molecule has 2 bridgehead atoms. The fourth-order valence-corrected chi connectivity index (χ4v) is 4.04. The average Bonchev–Trinajstić information content (AvgIpc) is 3.27. The highest BCUT2D eigenvalue weighted by Gasteiger charge is 2.62. The molecule has 1 N–H and O–H groups in total. The molecule has 0 aromatic heterocycles. The first-order valence-electron chi connectivity index (χ1n) is 7.92. The van der Waals surface area contributed by atoms with E-state index in [1.165, 1.54) is 0 Å². The normalized spacial score (nSPS) is 37.5. The Kier molecular flexibility index (Phi) is 3.44. The average molecular weight is 303 g/mol. The second-order valence-corrected chi connectivity index (χ2v) is 6.54. The molecule has 0 radical (unpaired) electrons. The number of epoxide rings is 1. The molecule has 4 rings (SSSR count). The third-order valence-electron chi connectivity index (χ3n) is 5.33. The van der Waals surface area contributed by atoms with Gasteiger partial charge in [0.25, 0.3) is 0 Å². The van der Waals surface area contributed by atoms with Crippen LogP contribution in [-0.4, -0.2) is 60.0 Å². The van der Waals surface area contributed by atoms with Crippen molar-refractivity contribution in [3.8, 4) is 0 Å². The lowest BCUT2D eigenvalue weighted by molar-refractivity contribution is -0.156. The molecule has 3 saturated heterocycles. The summed E-state index contributed by atoms with van der Waals surface area (Å²) >= 11 is 0. The standard InChI is InChI=1S/C17H21NO4/c1-18-13-7-11(8-14(18)16-15(13)22-16)21-17(20)12(9-19)10-5-3-2-4-6-10/h2-6,11-16,19H,7-9H2,1H3/t11?,12?,13?,14?,15-,16?/m0/s1. The van der Waals surface area contributed by atoms with Crippen LogP contribution in [0.5, 0.6) is 0 Å². The van der Waals surface area contributed by atoms with E-state index in [4.69, 9.17) is 9.47 Å². The molecular weight excluding hydrogens is 282 g/mol. The summed E-state index contributed by atoms with van der Waals surface area (Å²) in [6, 6.07) is 10.1. The zero-order valence-electron chi connectivity index (χ0n) is 12.6. The van der Waals surface area contributed by atoms with Gasteiger partial charge in [0.1, 0.15) is 24.2 Å². The zero-order chi connectivity index (χ0) is 15.3. The molecule has 6 atom stereocenters. The van der Waals surface area contributed by atoms with E-state index in [0.29, 0.717) is 24.3 Å². The Balaban J connectivity index is 1.42. The number of ether oxygens (including phenoxy) is 2. The molecular formula is C17H21NO4. The van der Waals surface area contributed by atoms with Gasteiger partial charge in [-0.05, 0) is 12.6 Å². The fourth-order valence-electron chi connectivity index (χ4n) is 4.04. The Morgan fingerprint density at radius 2 is 1.95 bits per heavy atom. The minimum absolute atomic E-state index is 0.0622. The summed E-state index contributed by atoms with van der Waals surface area (Å²) < 4.78 is 11.4. The van der Waals surface area contributed by atoms with E-state index in [1.54, 1.807) is 0 Å². The van der Waals surface area contributed by atoms with Gasteiger partial charge in [0.15, 0.2) is 0 Å². The maximum atomic E-state index is 12.4. The molecule has 3 fully saturated rings. The van der Waals surface area contributed by atoms with E-state index in [-0.39, 0.29) is 18.7 Å². The number of morpholine rings is 1. The first kappa shape index (κ1) is 14.2. The molecule has 0 aliphatic carbocycles. The van der Waals surface area contributed by atoms with Crippen LogP contribution in [0.2, 0.25) is 0 Å². The SMILES string of the molecule is CN1C2CC(OC(=O)C(CO)c3ccccc3)CC1[C@@H]1OC21. The highest BCUT2D eigenvalue weighted by atomic mass is 16.6. The van der Waals surface area contributed by atoms with Crippen LogP contribution in [0.1, 0.15) is 24.3 Å². The van der Waals surface area contributed by atoms with Crippen molar-refractivity contribution in [2.75, 3.05) is 13.7 Å². The number of aliphatic hydroxyl groups excluding tert-OH is 1. The number of aliphatic hydroxyl groups is 1. The number of hydrogen-bond donors (Lipinski definition) is 1. The summed E-state index contributed by atoms with van der Waals surface area (Å²) in [6.07, 6.45) is 2.26. The van der Waals surface area contributed by atoms with Gasteiger partial charge in [0, 0.05) is 24.9 Å². The number of nitrogens with zero attached hydrogens (tertiary/aromatic N) is 1. The quantitative estimate of drug-likeness (QED) is 0.662. The number of hydrogen-bond acceptors (Lipinski definition) is 5. The van der Waals surface area contributed by atoms with Crippen LogP contribution < -0.4 is 0 Å². The van der Waals surface area contributed by atoms with E-state index in [1.807, 2.05) is 30.3 Å². The van der Waals surface area contributed by atoms with Gasteiger partial charge in [0.2, 0.25) is 0 Å². The van der Waals surface area contributed by atoms with E-state index in [2.05, 4.69) is 11.9 Å². The summed E-state index contributed by atoms with van der Waals surface area (Å²) in [7, 11) is 2.13. The van der Waals surface area contributed by atoms with Crippen LogP contribution in [0.25, 0.3) is 0 Å². The molecule has 5 heteroatoms. The van der Waals surface area contributed by atoms with E-state index < -0.39 is 5.92 Å². The predicted molar refractivity (Wildman–Crippen MR) is 79.4 cm³/mol. The Morgan fingerprint density at radius 1 is 1.32 bits per heavy atom. The van der Waals surface area contributed by atoms with Crippen molar-refractivity contribution in [1.29, 1.82) is 0 Å². The third-order valence-corrected chi connectivity index (χ3v) is 5.33. The summed E-state index contributed by atoms with van der Waals surface area (Å²) in [6.45, 7) is -0.226. The van der Waals surface area contributed by atoms with E-state index in [0.717, 1.165) is 18.4 Å². The number of benzene rings is 1. The fraction of sp³-hybridized carbons (Fsp3) is 0.588. The molecule has 0 saturated carbocycles. The van der Waals surface area contributed by atoms with Crippen molar-refractivity contribution in [1.82, 2.24) is 4.90 Å². The van der Waals surface area contributed by atoms with Gasteiger partial charge in [0.05, 0.1) is 6.61 Å². The monoisotopic (exact) mass is 303 g/mol. The number of fused-ring (bicyclic) bond motifs is 5. The van der Waals surface area contributed by atoms with Gasteiger partial charge in [-0.1, -0.05) is 30.3 Å². The Labute approximate surface area is 129 Å². The van der Waals surface area contributed by atoms with Crippen molar-refractivity contribution in [3.05, 3.63) is 35.9 Å². The molecule has 0 amide bonds. The van der Waals surface area contributed by atoms with Crippen molar-refractivity contribution in [3.63, 3.8) is 0 Å². The third kappa shape index (κ3) is 2.24. The Bertz CT molecular complexity index is 545. The lowest BCUT2D eigenvalue weighted by Gasteiger charge is -2.38. The largest absolute Gasteiger partial charge is 0.462 e. The topological polar surface area (TPSA) is 62.3 Å². The first-order chi connectivity index (χ1) is 10.7. The van der Waals surface area contributed by atoms with Crippen LogP contribution in [0.3, 0.4) is 0 Å². The molecule has 5 unspecified atom stereocenters. The van der Waals surface area contributed by atoms with Gasteiger partial charge < -0.3 is 14.6 Å². The minimum Gasteiger partial charge on any atom is -0.462 e. The lowest BCUT2D eigenvalue weighted by Crippen LogP contribution is -2.48. The molecule has 3 heterocycles. The maximum absolute atomic E-state index is 12.4. The number of rotatable bonds is 4. The van der Waals surface area contributed by atoms with Crippen LogP contribution in [0.15, 0.2) is 30.3 Å². The van der Waals surface area contributed by atoms with Gasteiger partial charge in [-0.2, -0.15) is 0 Å². The minimum atomic E-state index is -0.593. The molecule has 1 aromatic rings. The first-order valence-corrected chi connectivity index (χ1v) is 7.92. The Hall–Kier alpha value is -1.43. The van der Waals surface area contributed by atoms with E-state index >= 15 is 0 Å². The lowest BCUT2D eigenvalue weighted by atomic mass is 9.97. The number of piperidine rings is 1. The Morgan fingerprint density at radius 3 is 2.55 bits per heavy atom. The maximum Gasteiger partial charge on any atom is 0.316 e. The summed E-state index contributed by atoms with van der Waals surface area (Å²) in [5.41, 5.74) is 0.803.